The molecule has 0 spiro atoms. The van der Waals surface area contributed by atoms with E-state index in [9.17, 15) is 14.0 Å². The van der Waals surface area contributed by atoms with Gasteiger partial charge in [0.25, 0.3) is 5.56 Å². The third-order valence-corrected chi connectivity index (χ3v) is 8.18. The van der Waals surface area contributed by atoms with Crippen molar-refractivity contribution in [2.24, 2.45) is 0 Å². The first-order valence-electron chi connectivity index (χ1n) is 10.3. The van der Waals surface area contributed by atoms with E-state index in [0.29, 0.717) is 27.3 Å². The molecular weight excluding hydrogens is 479 g/mol. The lowest BCUT2D eigenvalue weighted by atomic mass is 10.2. The highest BCUT2D eigenvalue weighted by Gasteiger charge is 2.27. The lowest BCUT2D eigenvalue weighted by Crippen LogP contribution is -2.24. The minimum Gasteiger partial charge on any atom is -0.301 e. The number of anilines is 1. The molecule has 1 aliphatic rings. The van der Waals surface area contributed by atoms with E-state index in [1.54, 1.807) is 12.1 Å². The van der Waals surface area contributed by atoms with E-state index in [-0.39, 0.29) is 28.3 Å². The van der Waals surface area contributed by atoms with Crippen molar-refractivity contribution < 1.29 is 9.18 Å². The molecule has 1 N–H and O–H groups in total. The number of carbonyl (C=O) groups is 1. The number of thioether (sulfide) groups is 2. The number of carbonyl (C=O) groups excluding carboxylic acids is 1. The van der Waals surface area contributed by atoms with Crippen molar-refractivity contribution in [2.75, 3.05) is 11.1 Å². The van der Waals surface area contributed by atoms with Gasteiger partial charge < -0.3 is 5.32 Å². The normalized spacial score (nSPS) is 15.1. The number of nitrogens with zero attached hydrogens (tertiary/aromatic N) is 3. The van der Waals surface area contributed by atoms with E-state index in [0.717, 1.165) is 21.5 Å². The van der Waals surface area contributed by atoms with Crippen LogP contribution in [0.5, 0.6) is 0 Å². The zero-order valence-electron chi connectivity index (χ0n) is 17.8. The first-order valence-corrected chi connectivity index (χ1v) is 12.9. The number of halogens is 1. The fourth-order valence-electron chi connectivity index (χ4n) is 3.59. The molecule has 4 aromatic rings. The van der Waals surface area contributed by atoms with Gasteiger partial charge in [-0.25, -0.2) is 14.4 Å². The molecule has 0 saturated heterocycles. The largest absolute Gasteiger partial charge is 0.301 e. The predicted molar refractivity (Wildman–Crippen MR) is 133 cm³/mol. The zero-order valence-corrected chi connectivity index (χ0v) is 20.2. The molecule has 33 heavy (non-hydrogen) atoms. The van der Waals surface area contributed by atoms with Gasteiger partial charge in [0, 0.05) is 11.7 Å². The number of aromatic nitrogens is 3. The molecule has 168 valence electrons. The van der Waals surface area contributed by atoms with Gasteiger partial charge in [0.2, 0.25) is 5.91 Å². The summed E-state index contributed by atoms with van der Waals surface area (Å²) in [5.74, 6) is -0.563. The number of aryl methyl sites for hydroxylation is 1. The van der Waals surface area contributed by atoms with Gasteiger partial charge in [0.15, 0.2) is 10.3 Å². The van der Waals surface area contributed by atoms with Crippen molar-refractivity contribution in [3.05, 3.63) is 69.9 Å². The Balaban J connectivity index is 1.40. The highest BCUT2D eigenvalue weighted by Crippen LogP contribution is 2.35. The van der Waals surface area contributed by atoms with Crippen LogP contribution in [0.4, 0.5) is 9.52 Å². The summed E-state index contributed by atoms with van der Waals surface area (Å²) in [6.45, 7) is 4.06. The van der Waals surface area contributed by atoms with Gasteiger partial charge in [-0.3, -0.25) is 14.2 Å². The first-order chi connectivity index (χ1) is 15.9. The Morgan fingerprint density at radius 2 is 2.03 bits per heavy atom. The number of hydrogen-bond acceptors (Lipinski definition) is 7. The summed E-state index contributed by atoms with van der Waals surface area (Å²) >= 11 is 4.10. The summed E-state index contributed by atoms with van der Waals surface area (Å²) in [4.78, 5) is 35.7. The Labute approximate surface area is 201 Å². The third kappa shape index (κ3) is 4.55. The van der Waals surface area contributed by atoms with Crippen LogP contribution in [0.15, 0.2) is 57.3 Å². The average Bonchev–Trinajstić information content (AvgIpc) is 3.35. The molecule has 0 radical (unpaired) electrons. The van der Waals surface area contributed by atoms with Crippen molar-refractivity contribution >= 4 is 56.1 Å². The monoisotopic (exact) mass is 498 g/mol. The summed E-state index contributed by atoms with van der Waals surface area (Å²) in [6, 6.07) is 11.6. The van der Waals surface area contributed by atoms with Gasteiger partial charge in [0.05, 0.1) is 32.2 Å². The standard InChI is InChI=1S/C23H19FN4O2S3/c1-12-3-8-16-18(9-12)33-22(25-16)27-19(29)11-31-23-26-17-10-13(2)32-20(17)21(30)28(23)15-6-4-14(24)5-7-15/h3-9,13H,10-11H2,1-2H3,(H,25,27,29). The lowest BCUT2D eigenvalue weighted by molar-refractivity contribution is -0.113. The summed E-state index contributed by atoms with van der Waals surface area (Å²) in [5, 5.41) is 4.04. The molecule has 1 amide bonds. The number of rotatable bonds is 5. The zero-order chi connectivity index (χ0) is 23.1. The Hall–Kier alpha value is -2.69. The molecule has 3 heterocycles. The van der Waals surface area contributed by atoms with Gasteiger partial charge in [-0.2, -0.15) is 0 Å². The van der Waals surface area contributed by atoms with Crippen molar-refractivity contribution in [3.63, 3.8) is 0 Å². The summed E-state index contributed by atoms with van der Waals surface area (Å²) in [7, 11) is 0. The van der Waals surface area contributed by atoms with Crippen LogP contribution in [0, 0.1) is 12.7 Å². The minimum absolute atomic E-state index is 0.0596. The summed E-state index contributed by atoms with van der Waals surface area (Å²) in [5.41, 5.74) is 3.05. The van der Waals surface area contributed by atoms with Crippen LogP contribution >= 0.6 is 34.9 Å². The molecule has 0 bridgehead atoms. The second-order valence-electron chi connectivity index (χ2n) is 7.75. The Morgan fingerprint density at radius 1 is 1.24 bits per heavy atom. The van der Waals surface area contributed by atoms with Gasteiger partial charge in [-0.15, -0.1) is 11.8 Å². The van der Waals surface area contributed by atoms with E-state index in [4.69, 9.17) is 4.98 Å². The van der Waals surface area contributed by atoms with Gasteiger partial charge in [-0.05, 0) is 48.9 Å². The molecule has 2 aromatic carbocycles. The van der Waals surface area contributed by atoms with E-state index in [1.807, 2.05) is 32.0 Å². The van der Waals surface area contributed by atoms with Crippen LogP contribution in [0.1, 0.15) is 18.2 Å². The van der Waals surface area contributed by atoms with Crippen molar-refractivity contribution in [3.8, 4) is 5.69 Å². The molecule has 0 aliphatic carbocycles. The SMILES string of the molecule is Cc1ccc2nc(NC(=O)CSc3nc4c(c(=O)n3-c3ccc(F)cc3)SC(C)C4)sc2c1. The van der Waals surface area contributed by atoms with E-state index >= 15 is 0 Å². The van der Waals surface area contributed by atoms with Gasteiger partial charge in [-0.1, -0.05) is 36.1 Å². The number of hydrogen-bond donors (Lipinski definition) is 1. The lowest BCUT2D eigenvalue weighted by Gasteiger charge is -2.13. The maximum Gasteiger partial charge on any atom is 0.272 e. The summed E-state index contributed by atoms with van der Waals surface area (Å²) in [6.07, 6.45) is 0.699. The fraction of sp³-hybridized carbons (Fsp3) is 0.217. The molecule has 1 atom stereocenters. The van der Waals surface area contributed by atoms with Crippen LogP contribution in [-0.4, -0.2) is 31.4 Å². The molecule has 0 fully saturated rings. The van der Waals surface area contributed by atoms with Crippen LogP contribution in [0.2, 0.25) is 0 Å². The van der Waals surface area contributed by atoms with Crippen molar-refractivity contribution in [2.45, 2.75) is 35.6 Å². The second-order valence-corrected chi connectivity index (χ2v) is 11.2. The Kier molecular flexibility index (Phi) is 5.98. The highest BCUT2D eigenvalue weighted by molar-refractivity contribution is 8.00. The number of thiazole rings is 1. The van der Waals surface area contributed by atoms with Gasteiger partial charge in [0.1, 0.15) is 5.82 Å². The highest BCUT2D eigenvalue weighted by atomic mass is 32.2. The summed E-state index contributed by atoms with van der Waals surface area (Å²) < 4.78 is 15.9. The van der Waals surface area contributed by atoms with Crippen LogP contribution in [-0.2, 0) is 11.2 Å². The van der Waals surface area contributed by atoms with Crippen molar-refractivity contribution in [1.82, 2.24) is 14.5 Å². The third-order valence-electron chi connectivity index (χ3n) is 5.09. The van der Waals surface area contributed by atoms with E-state index < -0.39 is 0 Å². The van der Waals surface area contributed by atoms with Crippen LogP contribution in [0.3, 0.4) is 0 Å². The molecular formula is C23H19FN4O2S3. The maximum atomic E-state index is 13.5. The number of nitrogens with one attached hydrogen (secondary N) is 1. The Morgan fingerprint density at radius 3 is 2.82 bits per heavy atom. The molecule has 0 saturated carbocycles. The molecule has 5 rings (SSSR count). The predicted octanol–water partition coefficient (Wildman–Crippen LogP) is 5.06. The van der Waals surface area contributed by atoms with E-state index in [1.165, 1.54) is 51.6 Å². The first kappa shape index (κ1) is 22.1. The van der Waals surface area contributed by atoms with Gasteiger partial charge >= 0.3 is 0 Å². The molecule has 2 aromatic heterocycles. The van der Waals surface area contributed by atoms with Crippen molar-refractivity contribution in [1.29, 1.82) is 0 Å². The second kappa shape index (κ2) is 8.92. The average molecular weight is 499 g/mol. The van der Waals surface area contributed by atoms with Crippen LogP contribution in [0.25, 0.3) is 15.9 Å². The minimum atomic E-state index is -0.386. The smallest absolute Gasteiger partial charge is 0.272 e. The molecule has 1 aliphatic heterocycles. The molecule has 1 unspecified atom stereocenters. The van der Waals surface area contributed by atoms with Crippen LogP contribution < -0.4 is 10.9 Å². The Bertz CT molecular complexity index is 1430. The topological polar surface area (TPSA) is 76.9 Å². The van der Waals surface area contributed by atoms with E-state index in [2.05, 4.69) is 10.3 Å². The maximum absolute atomic E-state index is 13.5. The number of benzene rings is 2. The molecule has 6 nitrogen and oxygen atoms in total. The number of fused-ring (bicyclic) bond motifs is 2. The number of amides is 1. The quantitative estimate of drug-likeness (QED) is 0.306. The molecule has 10 heteroatoms. The fourth-order valence-corrected chi connectivity index (χ4v) is 6.49.